The summed E-state index contributed by atoms with van der Waals surface area (Å²) < 4.78 is 1.15. The summed E-state index contributed by atoms with van der Waals surface area (Å²) >= 11 is 3.40. The normalized spacial score (nSPS) is 18.7. The topological polar surface area (TPSA) is 17.1 Å². The number of carbonyl (C=O) groups is 1. The molecule has 0 bridgehead atoms. The van der Waals surface area contributed by atoms with Gasteiger partial charge in [0.15, 0.2) is 0 Å². The number of aldehydes is 1. The first-order valence-corrected chi connectivity index (χ1v) is 3.96. The molecular formula is C8H9BrO. The van der Waals surface area contributed by atoms with Crippen LogP contribution in [-0.2, 0) is 4.79 Å². The molecule has 0 radical (unpaired) electrons. The second kappa shape index (κ2) is 2.70. The molecule has 0 aromatic heterocycles. The van der Waals surface area contributed by atoms with Crippen molar-refractivity contribution in [1.29, 1.82) is 0 Å². The second-order valence-corrected chi connectivity index (χ2v) is 3.43. The van der Waals surface area contributed by atoms with E-state index in [0.29, 0.717) is 0 Å². The molecule has 0 aliphatic heterocycles. The van der Waals surface area contributed by atoms with E-state index >= 15 is 0 Å². The predicted octanol–water partition coefficient (Wildman–Crippen LogP) is 2.57. The molecule has 0 aromatic carbocycles. The first-order valence-electron chi connectivity index (χ1n) is 3.17. The van der Waals surface area contributed by atoms with Crippen molar-refractivity contribution in [2.24, 2.45) is 0 Å². The molecule has 0 fully saturated rings. The van der Waals surface area contributed by atoms with Gasteiger partial charge in [-0.25, -0.2) is 0 Å². The van der Waals surface area contributed by atoms with Crippen molar-refractivity contribution in [1.82, 2.24) is 0 Å². The zero-order chi connectivity index (χ0) is 7.72. The van der Waals surface area contributed by atoms with Crippen LogP contribution in [0.1, 0.15) is 20.3 Å². The molecule has 0 spiro atoms. The highest BCUT2D eigenvalue weighted by molar-refractivity contribution is 9.11. The van der Waals surface area contributed by atoms with Gasteiger partial charge >= 0.3 is 0 Å². The summed E-state index contributed by atoms with van der Waals surface area (Å²) in [6.45, 7) is 4.00. The lowest BCUT2D eigenvalue weighted by Gasteiger charge is -1.93. The van der Waals surface area contributed by atoms with Gasteiger partial charge < -0.3 is 0 Å². The van der Waals surface area contributed by atoms with Gasteiger partial charge in [-0.05, 0) is 30.6 Å². The highest BCUT2D eigenvalue weighted by Crippen LogP contribution is 2.33. The Bertz CT molecular complexity index is 233. The van der Waals surface area contributed by atoms with E-state index in [4.69, 9.17) is 0 Å². The lowest BCUT2D eigenvalue weighted by Crippen LogP contribution is -1.82. The van der Waals surface area contributed by atoms with Gasteiger partial charge in [0.25, 0.3) is 0 Å². The van der Waals surface area contributed by atoms with Crippen LogP contribution in [0.15, 0.2) is 21.2 Å². The highest BCUT2D eigenvalue weighted by atomic mass is 79.9. The molecule has 10 heavy (non-hydrogen) atoms. The Balaban J connectivity index is 3.00. The van der Waals surface area contributed by atoms with Crippen molar-refractivity contribution in [2.45, 2.75) is 20.3 Å². The zero-order valence-electron chi connectivity index (χ0n) is 6.07. The quantitative estimate of drug-likeness (QED) is 0.596. The van der Waals surface area contributed by atoms with Crippen molar-refractivity contribution < 1.29 is 4.79 Å². The molecule has 0 N–H and O–H groups in total. The van der Waals surface area contributed by atoms with Crippen molar-refractivity contribution in [3.05, 3.63) is 21.2 Å². The smallest absolute Gasteiger partial charge is 0.146 e. The Morgan fingerprint density at radius 2 is 2.00 bits per heavy atom. The second-order valence-electron chi connectivity index (χ2n) is 2.47. The molecule has 0 atom stereocenters. The lowest BCUT2D eigenvalue weighted by molar-refractivity contribution is -0.105. The molecule has 2 heteroatoms. The van der Waals surface area contributed by atoms with Crippen LogP contribution in [0, 0.1) is 0 Å². The van der Waals surface area contributed by atoms with Gasteiger partial charge in [0.05, 0.1) is 0 Å². The third-order valence-electron chi connectivity index (χ3n) is 1.94. The van der Waals surface area contributed by atoms with Crippen LogP contribution in [0.4, 0.5) is 0 Å². The van der Waals surface area contributed by atoms with Crippen LogP contribution >= 0.6 is 15.9 Å². The Morgan fingerprint density at radius 3 is 2.20 bits per heavy atom. The molecule has 1 rings (SSSR count). The molecule has 0 unspecified atom stereocenters. The molecule has 0 saturated heterocycles. The summed E-state index contributed by atoms with van der Waals surface area (Å²) in [4.78, 5) is 10.4. The lowest BCUT2D eigenvalue weighted by atomic mass is 10.1. The van der Waals surface area contributed by atoms with Crippen molar-refractivity contribution in [3.8, 4) is 0 Å². The monoisotopic (exact) mass is 200 g/mol. The molecular weight excluding hydrogens is 192 g/mol. The van der Waals surface area contributed by atoms with Gasteiger partial charge in [0.2, 0.25) is 0 Å². The van der Waals surface area contributed by atoms with Gasteiger partial charge in [0, 0.05) is 10.9 Å². The average molecular weight is 201 g/mol. The Morgan fingerprint density at radius 1 is 1.40 bits per heavy atom. The maximum Gasteiger partial charge on any atom is 0.146 e. The number of hydrogen-bond acceptors (Lipinski definition) is 1. The summed E-state index contributed by atoms with van der Waals surface area (Å²) in [5.41, 5.74) is 3.24. The van der Waals surface area contributed by atoms with E-state index in [2.05, 4.69) is 15.9 Å². The van der Waals surface area contributed by atoms with Crippen LogP contribution in [0.3, 0.4) is 0 Å². The molecule has 1 nitrogen and oxygen atoms in total. The van der Waals surface area contributed by atoms with E-state index in [1.807, 2.05) is 13.8 Å². The molecule has 1 aliphatic carbocycles. The zero-order valence-corrected chi connectivity index (χ0v) is 7.66. The van der Waals surface area contributed by atoms with Crippen LogP contribution in [0.2, 0.25) is 0 Å². The van der Waals surface area contributed by atoms with Crippen LogP contribution in [0.5, 0.6) is 0 Å². The van der Waals surface area contributed by atoms with E-state index in [9.17, 15) is 4.79 Å². The Hall–Kier alpha value is -0.370. The van der Waals surface area contributed by atoms with Gasteiger partial charge in [-0.2, -0.15) is 0 Å². The third kappa shape index (κ3) is 1.08. The molecule has 0 heterocycles. The summed E-state index contributed by atoms with van der Waals surface area (Å²) in [7, 11) is 0. The molecule has 0 aromatic rings. The van der Waals surface area contributed by atoms with Crippen LogP contribution in [0.25, 0.3) is 0 Å². The van der Waals surface area contributed by atoms with Crippen molar-refractivity contribution in [3.63, 3.8) is 0 Å². The summed E-state index contributed by atoms with van der Waals surface area (Å²) in [6, 6.07) is 0. The Kier molecular flexibility index (Phi) is 2.09. The molecule has 1 aliphatic rings. The van der Waals surface area contributed by atoms with Crippen molar-refractivity contribution in [2.75, 3.05) is 0 Å². The SMILES string of the molecule is CC1=C(Br)CC(C=O)=C1C. The highest BCUT2D eigenvalue weighted by Gasteiger charge is 2.15. The molecule has 0 saturated carbocycles. The third-order valence-corrected chi connectivity index (χ3v) is 2.81. The average Bonchev–Trinajstić information content (AvgIpc) is 2.17. The van der Waals surface area contributed by atoms with E-state index in [-0.39, 0.29) is 0 Å². The number of hydrogen-bond donors (Lipinski definition) is 0. The standard InChI is InChI=1S/C8H9BrO/c1-5-6(2)8(9)3-7(5)4-10/h4H,3H2,1-2H3. The number of halogens is 1. The van der Waals surface area contributed by atoms with Crippen LogP contribution < -0.4 is 0 Å². The van der Waals surface area contributed by atoms with Gasteiger partial charge in [-0.15, -0.1) is 0 Å². The fourth-order valence-electron chi connectivity index (χ4n) is 1.01. The van der Waals surface area contributed by atoms with Gasteiger partial charge in [-0.3, -0.25) is 4.79 Å². The summed E-state index contributed by atoms with van der Waals surface area (Å²) in [5, 5.41) is 0. The maximum atomic E-state index is 10.4. The Labute approximate surface area is 68.9 Å². The minimum Gasteiger partial charge on any atom is -0.298 e. The largest absolute Gasteiger partial charge is 0.298 e. The first kappa shape index (κ1) is 7.73. The van der Waals surface area contributed by atoms with Gasteiger partial charge in [-0.1, -0.05) is 15.9 Å². The first-order chi connectivity index (χ1) is 4.66. The van der Waals surface area contributed by atoms with E-state index in [0.717, 1.165) is 28.3 Å². The minimum absolute atomic E-state index is 0.779. The summed E-state index contributed by atoms with van der Waals surface area (Å²) in [5.74, 6) is 0. The van der Waals surface area contributed by atoms with E-state index in [1.165, 1.54) is 5.57 Å². The summed E-state index contributed by atoms with van der Waals surface area (Å²) in [6.07, 6.45) is 1.72. The van der Waals surface area contributed by atoms with Gasteiger partial charge in [0.1, 0.15) is 6.29 Å². The van der Waals surface area contributed by atoms with E-state index < -0.39 is 0 Å². The van der Waals surface area contributed by atoms with E-state index in [1.54, 1.807) is 0 Å². The fourth-order valence-corrected chi connectivity index (χ4v) is 1.61. The number of carbonyl (C=O) groups excluding carboxylic acids is 1. The number of rotatable bonds is 1. The van der Waals surface area contributed by atoms with Crippen LogP contribution in [-0.4, -0.2) is 6.29 Å². The minimum atomic E-state index is 0.779. The predicted molar refractivity (Wildman–Crippen MR) is 45.0 cm³/mol. The fraction of sp³-hybridized carbons (Fsp3) is 0.375. The molecule has 0 amide bonds. The number of allylic oxidation sites excluding steroid dienone is 4. The maximum absolute atomic E-state index is 10.4. The molecule has 54 valence electrons. The van der Waals surface area contributed by atoms with Crippen molar-refractivity contribution >= 4 is 22.2 Å².